The monoisotopic (exact) mass is 336 g/mol. The second-order valence-corrected chi connectivity index (χ2v) is 7.79. The predicted octanol–water partition coefficient (Wildman–Crippen LogP) is 2.31. The number of rotatable bonds is 5. The Hall–Kier alpha value is -0.720. The van der Waals surface area contributed by atoms with E-state index < -0.39 is 0 Å². The first-order valence-corrected chi connectivity index (χ1v) is 9.49. The molecule has 2 aliphatic rings. The highest BCUT2D eigenvalue weighted by Gasteiger charge is 2.25. The van der Waals surface area contributed by atoms with E-state index in [1.807, 2.05) is 11.3 Å². The van der Waals surface area contributed by atoms with Crippen LogP contribution in [0.15, 0.2) is 23.6 Å². The summed E-state index contributed by atoms with van der Waals surface area (Å²) in [6, 6.07) is 4.31. The minimum Gasteiger partial charge on any atom is -0.390 e. The van der Waals surface area contributed by atoms with Gasteiger partial charge in [-0.25, -0.2) is 0 Å². The van der Waals surface area contributed by atoms with Crippen LogP contribution in [-0.4, -0.2) is 72.5 Å². The van der Waals surface area contributed by atoms with Crippen molar-refractivity contribution in [2.45, 2.75) is 38.6 Å². The van der Waals surface area contributed by atoms with Gasteiger partial charge >= 0.3 is 0 Å². The Morgan fingerprint density at radius 2 is 2.00 bits per heavy atom. The van der Waals surface area contributed by atoms with Crippen molar-refractivity contribution in [3.8, 4) is 0 Å². The number of ether oxygens (including phenoxy) is 1. The fraction of sp³-hybridized carbons (Fsp3) is 0.667. The Bertz CT molecular complexity index is 507. The molecule has 1 aromatic heterocycles. The van der Waals surface area contributed by atoms with E-state index in [1.54, 1.807) is 0 Å². The van der Waals surface area contributed by atoms with Crippen LogP contribution in [0.3, 0.4) is 0 Å². The molecular weight excluding hydrogens is 308 g/mol. The number of morpholine rings is 1. The number of nitrogens with zero attached hydrogens (tertiary/aromatic N) is 2. The van der Waals surface area contributed by atoms with Crippen LogP contribution in [0.5, 0.6) is 0 Å². The van der Waals surface area contributed by atoms with Crippen molar-refractivity contribution < 1.29 is 9.84 Å². The van der Waals surface area contributed by atoms with E-state index in [2.05, 4.69) is 47.2 Å². The smallest absolute Gasteiger partial charge is 0.0793 e. The van der Waals surface area contributed by atoms with Gasteiger partial charge in [0, 0.05) is 44.1 Å². The molecule has 23 heavy (non-hydrogen) atoms. The van der Waals surface area contributed by atoms with Gasteiger partial charge in [0.15, 0.2) is 0 Å². The number of aliphatic hydroxyl groups excluding tert-OH is 1. The molecule has 4 nitrogen and oxygen atoms in total. The topological polar surface area (TPSA) is 35.9 Å². The first kappa shape index (κ1) is 17.1. The van der Waals surface area contributed by atoms with E-state index in [9.17, 15) is 5.11 Å². The average molecular weight is 337 g/mol. The van der Waals surface area contributed by atoms with Crippen LogP contribution < -0.4 is 0 Å². The number of hydrogen-bond acceptors (Lipinski definition) is 5. The van der Waals surface area contributed by atoms with Crippen LogP contribution in [0.25, 0.3) is 5.57 Å². The van der Waals surface area contributed by atoms with Gasteiger partial charge in [-0.2, -0.15) is 0 Å². The first-order chi connectivity index (χ1) is 11.1. The van der Waals surface area contributed by atoms with Crippen molar-refractivity contribution in [1.29, 1.82) is 0 Å². The average Bonchev–Trinajstić information content (AvgIpc) is 3.01. The molecule has 3 heterocycles. The molecule has 2 aliphatic heterocycles. The van der Waals surface area contributed by atoms with Crippen LogP contribution in [0, 0.1) is 0 Å². The third-order valence-corrected chi connectivity index (χ3v) is 5.51. The molecule has 0 radical (unpaired) electrons. The van der Waals surface area contributed by atoms with Crippen LogP contribution in [0.1, 0.15) is 25.1 Å². The molecule has 0 aromatic carbocycles. The van der Waals surface area contributed by atoms with Crippen molar-refractivity contribution in [3.63, 3.8) is 0 Å². The van der Waals surface area contributed by atoms with E-state index in [0.29, 0.717) is 0 Å². The maximum atomic E-state index is 10.4. The van der Waals surface area contributed by atoms with Crippen molar-refractivity contribution in [2.24, 2.45) is 0 Å². The largest absolute Gasteiger partial charge is 0.390 e. The van der Waals surface area contributed by atoms with Gasteiger partial charge in [-0.1, -0.05) is 12.1 Å². The molecule has 0 aliphatic carbocycles. The Balaban J connectivity index is 1.45. The maximum absolute atomic E-state index is 10.4. The zero-order chi connectivity index (χ0) is 16.2. The van der Waals surface area contributed by atoms with Gasteiger partial charge in [0.2, 0.25) is 0 Å². The van der Waals surface area contributed by atoms with Gasteiger partial charge < -0.3 is 9.84 Å². The second kappa shape index (κ2) is 7.90. The highest BCUT2D eigenvalue weighted by molar-refractivity contribution is 7.11. The lowest BCUT2D eigenvalue weighted by Gasteiger charge is -2.37. The van der Waals surface area contributed by atoms with E-state index in [-0.39, 0.29) is 18.3 Å². The summed E-state index contributed by atoms with van der Waals surface area (Å²) in [4.78, 5) is 6.08. The number of β-amino-alcohol motifs (C(OH)–C–C–N with tert-alkyl or cyclic N) is 1. The van der Waals surface area contributed by atoms with Crippen LogP contribution >= 0.6 is 11.3 Å². The summed E-state index contributed by atoms with van der Waals surface area (Å²) in [7, 11) is 0. The third kappa shape index (κ3) is 4.88. The van der Waals surface area contributed by atoms with Gasteiger partial charge in [-0.15, -0.1) is 11.3 Å². The van der Waals surface area contributed by atoms with Gasteiger partial charge in [0.05, 0.1) is 18.3 Å². The molecule has 3 rings (SSSR count). The van der Waals surface area contributed by atoms with E-state index in [0.717, 1.165) is 45.7 Å². The zero-order valence-corrected chi connectivity index (χ0v) is 15.0. The van der Waals surface area contributed by atoms with Crippen molar-refractivity contribution in [2.75, 3.05) is 39.3 Å². The molecule has 0 bridgehead atoms. The van der Waals surface area contributed by atoms with Crippen LogP contribution in [0.4, 0.5) is 0 Å². The quantitative estimate of drug-likeness (QED) is 0.895. The lowest BCUT2D eigenvalue weighted by atomic mass is 10.1. The van der Waals surface area contributed by atoms with Gasteiger partial charge in [0.25, 0.3) is 0 Å². The van der Waals surface area contributed by atoms with Crippen LogP contribution in [0.2, 0.25) is 0 Å². The van der Waals surface area contributed by atoms with Crippen LogP contribution in [-0.2, 0) is 4.74 Å². The molecular formula is C18H28N2O2S. The summed E-state index contributed by atoms with van der Waals surface area (Å²) >= 11 is 1.81. The standard InChI is InChI=1S/C18H28N2O2S/c1-14-10-20(11-15(2)22-14)13-17(21)12-19-7-5-16(6-8-19)18-4-3-9-23-18/h3-5,9,14-15,17,21H,6-8,10-13H2,1-2H3. The maximum Gasteiger partial charge on any atom is 0.0793 e. The fourth-order valence-corrected chi connectivity index (χ4v) is 4.45. The van der Waals surface area contributed by atoms with Crippen molar-refractivity contribution >= 4 is 16.9 Å². The molecule has 5 heteroatoms. The lowest BCUT2D eigenvalue weighted by molar-refractivity contribution is -0.0778. The third-order valence-electron chi connectivity index (χ3n) is 4.56. The molecule has 0 amide bonds. The second-order valence-electron chi connectivity index (χ2n) is 6.85. The summed E-state index contributed by atoms with van der Waals surface area (Å²) in [5.41, 5.74) is 1.46. The summed E-state index contributed by atoms with van der Waals surface area (Å²) in [6.07, 6.45) is 3.64. The minimum atomic E-state index is -0.288. The normalized spacial score (nSPS) is 28.6. The summed E-state index contributed by atoms with van der Waals surface area (Å²) < 4.78 is 5.75. The van der Waals surface area contributed by atoms with Gasteiger partial charge in [-0.05, 0) is 37.3 Å². The Kier molecular flexibility index (Phi) is 5.88. The Labute approximate surface area is 143 Å². The lowest BCUT2D eigenvalue weighted by Crippen LogP contribution is -2.50. The van der Waals surface area contributed by atoms with E-state index in [1.165, 1.54) is 10.5 Å². The number of aliphatic hydroxyl groups is 1. The zero-order valence-electron chi connectivity index (χ0n) is 14.1. The summed E-state index contributed by atoms with van der Waals surface area (Å²) in [6.45, 7) is 9.54. The molecule has 128 valence electrons. The Morgan fingerprint density at radius 1 is 1.26 bits per heavy atom. The molecule has 1 aromatic rings. The highest BCUT2D eigenvalue weighted by atomic mass is 32.1. The molecule has 1 N–H and O–H groups in total. The number of thiophene rings is 1. The highest BCUT2D eigenvalue weighted by Crippen LogP contribution is 2.26. The SMILES string of the molecule is CC1CN(CC(O)CN2CC=C(c3cccs3)CC2)CC(C)O1. The Morgan fingerprint density at radius 3 is 2.61 bits per heavy atom. The molecule has 1 saturated heterocycles. The van der Waals surface area contributed by atoms with Gasteiger partial charge in [0.1, 0.15) is 0 Å². The number of hydrogen-bond donors (Lipinski definition) is 1. The molecule has 0 saturated carbocycles. The van der Waals surface area contributed by atoms with E-state index in [4.69, 9.17) is 4.74 Å². The van der Waals surface area contributed by atoms with Gasteiger partial charge in [-0.3, -0.25) is 9.80 Å². The fourth-order valence-electron chi connectivity index (χ4n) is 3.65. The summed E-state index contributed by atoms with van der Waals surface area (Å²) in [5, 5.41) is 12.6. The van der Waals surface area contributed by atoms with Crippen molar-refractivity contribution in [1.82, 2.24) is 9.80 Å². The molecule has 1 fully saturated rings. The molecule has 3 atom stereocenters. The predicted molar refractivity (Wildman–Crippen MR) is 95.8 cm³/mol. The van der Waals surface area contributed by atoms with E-state index >= 15 is 0 Å². The first-order valence-electron chi connectivity index (χ1n) is 8.61. The minimum absolute atomic E-state index is 0.261. The molecule has 0 spiro atoms. The van der Waals surface area contributed by atoms with Crippen molar-refractivity contribution in [3.05, 3.63) is 28.5 Å². The molecule has 3 unspecified atom stereocenters. The summed E-state index contributed by atoms with van der Waals surface area (Å²) in [5.74, 6) is 0.